The molecule has 0 aliphatic carbocycles. The van der Waals surface area contributed by atoms with Crippen LogP contribution in [0.2, 0.25) is 0 Å². The van der Waals surface area contributed by atoms with Crippen molar-refractivity contribution in [2.24, 2.45) is 0 Å². The van der Waals surface area contributed by atoms with Crippen LogP contribution in [0, 0.1) is 0 Å². The maximum atomic E-state index is 11.8. The van der Waals surface area contributed by atoms with E-state index in [1.807, 2.05) is 0 Å². The van der Waals surface area contributed by atoms with E-state index in [0.29, 0.717) is 17.4 Å². The molecule has 0 saturated heterocycles. The van der Waals surface area contributed by atoms with Crippen molar-refractivity contribution < 1.29 is 9.21 Å². The van der Waals surface area contributed by atoms with E-state index in [1.165, 1.54) is 12.4 Å². The van der Waals surface area contributed by atoms with E-state index in [4.69, 9.17) is 4.42 Å². The van der Waals surface area contributed by atoms with Gasteiger partial charge in [0.1, 0.15) is 30.1 Å². The second-order valence-electron chi connectivity index (χ2n) is 4.07. The highest BCUT2D eigenvalue weighted by Crippen LogP contribution is 2.09. The molecule has 3 aromatic heterocycles. The second kappa shape index (κ2) is 5.83. The van der Waals surface area contributed by atoms with Crippen LogP contribution in [0.15, 0.2) is 60.0 Å². The zero-order valence-corrected chi connectivity index (χ0v) is 10.9. The van der Waals surface area contributed by atoms with Crippen molar-refractivity contribution in [1.29, 1.82) is 0 Å². The first-order chi connectivity index (χ1) is 10.3. The van der Waals surface area contributed by atoms with Crippen LogP contribution in [0.25, 0.3) is 11.9 Å². The number of aromatic nitrogens is 4. The van der Waals surface area contributed by atoms with Crippen LogP contribution < -0.4 is 5.32 Å². The molecule has 0 aromatic carbocycles. The van der Waals surface area contributed by atoms with E-state index in [0.717, 1.165) is 0 Å². The minimum absolute atomic E-state index is 0.304. The Kier molecular flexibility index (Phi) is 3.55. The van der Waals surface area contributed by atoms with Gasteiger partial charge in [-0.15, -0.1) is 0 Å². The van der Waals surface area contributed by atoms with E-state index >= 15 is 0 Å². The van der Waals surface area contributed by atoms with Gasteiger partial charge in [-0.05, 0) is 18.2 Å². The maximum Gasteiger partial charge on any atom is 0.249 e. The molecule has 3 heterocycles. The monoisotopic (exact) mass is 281 g/mol. The number of nitrogens with zero attached hydrogens (tertiary/aromatic N) is 4. The molecule has 1 N–H and O–H groups in total. The van der Waals surface area contributed by atoms with Crippen molar-refractivity contribution in [3.05, 3.63) is 61.3 Å². The summed E-state index contributed by atoms with van der Waals surface area (Å²) >= 11 is 0. The number of hydrogen-bond acceptors (Lipinski definition) is 5. The largest absolute Gasteiger partial charge is 0.465 e. The summed E-state index contributed by atoms with van der Waals surface area (Å²) in [7, 11) is 0. The number of hydrogen-bond donors (Lipinski definition) is 1. The van der Waals surface area contributed by atoms with Gasteiger partial charge in [0.25, 0.3) is 0 Å². The number of amides is 1. The van der Waals surface area contributed by atoms with Gasteiger partial charge < -0.3 is 9.73 Å². The smallest absolute Gasteiger partial charge is 0.249 e. The molecular formula is C14H11N5O2. The van der Waals surface area contributed by atoms with E-state index in [-0.39, 0.29) is 5.91 Å². The summed E-state index contributed by atoms with van der Waals surface area (Å²) in [6.45, 7) is 0. The van der Waals surface area contributed by atoms with Gasteiger partial charge in [-0.1, -0.05) is 0 Å². The molecule has 1 amide bonds. The molecule has 7 heteroatoms. The molecule has 21 heavy (non-hydrogen) atoms. The Bertz CT molecular complexity index is 748. The highest BCUT2D eigenvalue weighted by atomic mass is 16.3. The summed E-state index contributed by atoms with van der Waals surface area (Å²) < 4.78 is 6.82. The summed E-state index contributed by atoms with van der Waals surface area (Å²) in [5, 5.41) is 2.65. The van der Waals surface area contributed by atoms with Crippen LogP contribution in [0.1, 0.15) is 5.76 Å². The Morgan fingerprint density at radius 3 is 3.10 bits per heavy atom. The summed E-state index contributed by atoms with van der Waals surface area (Å²) in [4.78, 5) is 23.8. The zero-order valence-electron chi connectivity index (χ0n) is 10.9. The lowest BCUT2D eigenvalue weighted by atomic mass is 10.4. The van der Waals surface area contributed by atoms with Gasteiger partial charge in [0, 0.05) is 24.5 Å². The molecule has 0 aliphatic rings. The zero-order chi connectivity index (χ0) is 14.5. The van der Waals surface area contributed by atoms with Crippen LogP contribution in [0.5, 0.6) is 0 Å². The molecule has 3 aromatic rings. The molecule has 0 unspecified atom stereocenters. The Morgan fingerprint density at radius 2 is 2.33 bits per heavy atom. The number of furan rings is 1. The van der Waals surface area contributed by atoms with Crippen LogP contribution in [-0.4, -0.2) is 25.4 Å². The molecule has 0 atom stereocenters. The predicted octanol–water partition coefficient (Wildman–Crippen LogP) is 1.91. The Morgan fingerprint density at radius 1 is 1.38 bits per heavy atom. The summed E-state index contributed by atoms with van der Waals surface area (Å²) in [6, 6.07) is 5.16. The molecular weight excluding hydrogens is 270 g/mol. The molecule has 0 aliphatic heterocycles. The van der Waals surface area contributed by atoms with Crippen molar-refractivity contribution in [2.75, 3.05) is 5.32 Å². The first-order valence-electron chi connectivity index (χ1n) is 6.14. The highest BCUT2D eigenvalue weighted by molar-refractivity contribution is 6.01. The van der Waals surface area contributed by atoms with Crippen molar-refractivity contribution in [2.45, 2.75) is 0 Å². The number of rotatable bonds is 4. The quantitative estimate of drug-likeness (QED) is 0.738. The predicted molar refractivity (Wildman–Crippen MR) is 75.5 cm³/mol. The van der Waals surface area contributed by atoms with E-state index < -0.39 is 0 Å². The maximum absolute atomic E-state index is 11.8. The van der Waals surface area contributed by atoms with Gasteiger partial charge in [-0.25, -0.2) is 15.0 Å². The Hall–Kier alpha value is -3.22. The molecule has 3 rings (SSSR count). The lowest BCUT2D eigenvalue weighted by molar-refractivity contribution is -0.111. The first kappa shape index (κ1) is 12.8. The molecule has 7 nitrogen and oxygen atoms in total. The van der Waals surface area contributed by atoms with Gasteiger partial charge in [0.05, 0.1) is 6.26 Å². The van der Waals surface area contributed by atoms with Crippen molar-refractivity contribution in [3.63, 3.8) is 0 Å². The fraction of sp³-hybridized carbons (Fsp3) is 0. The summed E-state index contributed by atoms with van der Waals surface area (Å²) in [5.74, 6) is 1.32. The van der Waals surface area contributed by atoms with Crippen molar-refractivity contribution in [3.8, 4) is 5.82 Å². The minimum atomic E-state index is -0.304. The SMILES string of the molecule is O=C(/C=C/c1ccco1)Nc1cc(-n2ccnc2)ncn1. The third-order valence-electron chi connectivity index (χ3n) is 2.62. The molecule has 104 valence electrons. The molecule has 0 spiro atoms. The fourth-order valence-electron chi connectivity index (χ4n) is 1.66. The Balaban J connectivity index is 1.70. The van der Waals surface area contributed by atoms with E-state index in [1.54, 1.807) is 53.8 Å². The summed E-state index contributed by atoms with van der Waals surface area (Å²) in [6.07, 6.45) is 10.9. The van der Waals surface area contributed by atoms with Crippen LogP contribution in [0.4, 0.5) is 5.82 Å². The number of nitrogens with one attached hydrogen (secondary N) is 1. The van der Waals surface area contributed by atoms with Crippen LogP contribution in [0.3, 0.4) is 0 Å². The lowest BCUT2D eigenvalue weighted by Crippen LogP contribution is -2.10. The standard InChI is InChI=1S/C14H11N5O2/c20-14(4-3-11-2-1-7-21-11)18-12-8-13(17-9-16-12)19-6-5-15-10-19/h1-10H,(H,16,17,18,20)/b4-3+. The number of carbonyl (C=O) groups is 1. The average Bonchev–Trinajstić information content (AvgIpc) is 3.19. The molecule has 0 radical (unpaired) electrons. The molecule has 0 saturated carbocycles. The van der Waals surface area contributed by atoms with Gasteiger partial charge in [-0.3, -0.25) is 9.36 Å². The normalized spacial score (nSPS) is 10.9. The minimum Gasteiger partial charge on any atom is -0.465 e. The van der Waals surface area contributed by atoms with Crippen LogP contribution >= 0.6 is 0 Å². The second-order valence-corrected chi connectivity index (χ2v) is 4.07. The topological polar surface area (TPSA) is 85.8 Å². The fourth-order valence-corrected chi connectivity index (χ4v) is 1.66. The third kappa shape index (κ3) is 3.21. The Labute approximate surface area is 120 Å². The molecule has 0 fully saturated rings. The number of carbonyl (C=O) groups excluding carboxylic acids is 1. The highest BCUT2D eigenvalue weighted by Gasteiger charge is 2.03. The van der Waals surface area contributed by atoms with Gasteiger partial charge in [0.2, 0.25) is 5.91 Å². The first-order valence-corrected chi connectivity index (χ1v) is 6.14. The average molecular weight is 281 g/mol. The third-order valence-corrected chi connectivity index (χ3v) is 2.62. The van der Waals surface area contributed by atoms with E-state index in [9.17, 15) is 4.79 Å². The number of imidazole rings is 1. The number of anilines is 1. The van der Waals surface area contributed by atoms with Crippen molar-refractivity contribution >= 4 is 17.8 Å². The van der Waals surface area contributed by atoms with Gasteiger partial charge >= 0.3 is 0 Å². The van der Waals surface area contributed by atoms with Crippen LogP contribution in [-0.2, 0) is 4.79 Å². The van der Waals surface area contributed by atoms with E-state index in [2.05, 4.69) is 20.3 Å². The van der Waals surface area contributed by atoms with Gasteiger partial charge in [0.15, 0.2) is 0 Å². The lowest BCUT2D eigenvalue weighted by Gasteiger charge is -2.04. The summed E-state index contributed by atoms with van der Waals surface area (Å²) in [5.41, 5.74) is 0. The van der Waals surface area contributed by atoms with Gasteiger partial charge in [-0.2, -0.15) is 0 Å². The molecule has 0 bridgehead atoms. The van der Waals surface area contributed by atoms with Crippen molar-refractivity contribution in [1.82, 2.24) is 19.5 Å².